The third-order valence-electron chi connectivity index (χ3n) is 1.99. The molecule has 70 valence electrons. The molecule has 0 aromatic rings. The first-order valence-electron chi connectivity index (χ1n) is 4.10. The summed E-state index contributed by atoms with van der Waals surface area (Å²) in [5.41, 5.74) is 5.07. The van der Waals surface area contributed by atoms with E-state index in [1.54, 1.807) is 11.8 Å². The van der Waals surface area contributed by atoms with E-state index in [-0.39, 0.29) is 5.91 Å². The Labute approximate surface area is 81.0 Å². The van der Waals surface area contributed by atoms with Crippen LogP contribution in [-0.4, -0.2) is 28.9 Å². The van der Waals surface area contributed by atoms with Crippen molar-refractivity contribution in [2.24, 2.45) is 5.73 Å². The lowest BCUT2D eigenvalue weighted by atomic mass is 10.4. The molecule has 0 saturated heterocycles. The fourth-order valence-corrected chi connectivity index (χ4v) is 2.13. The number of hydrogen-bond acceptors (Lipinski definition) is 4. The van der Waals surface area contributed by atoms with Crippen molar-refractivity contribution in [2.45, 2.75) is 6.42 Å². The molecule has 2 heterocycles. The van der Waals surface area contributed by atoms with E-state index in [4.69, 9.17) is 5.73 Å². The van der Waals surface area contributed by atoms with E-state index in [1.807, 2.05) is 6.20 Å². The second kappa shape index (κ2) is 3.33. The third-order valence-corrected chi connectivity index (χ3v) is 2.82. The molecule has 2 N–H and O–H groups in total. The van der Waals surface area contributed by atoms with Crippen LogP contribution in [0.15, 0.2) is 22.8 Å². The molecule has 4 nitrogen and oxygen atoms in total. The summed E-state index contributed by atoms with van der Waals surface area (Å²) in [7, 11) is 0. The molecule has 0 aromatic carbocycles. The lowest BCUT2D eigenvalue weighted by Crippen LogP contribution is -2.26. The van der Waals surface area contributed by atoms with Gasteiger partial charge in [-0.25, -0.2) is 0 Å². The second-order valence-electron chi connectivity index (χ2n) is 3.01. The number of carbonyl (C=O) groups excluding carboxylic acids is 1. The summed E-state index contributed by atoms with van der Waals surface area (Å²) >= 11 is 1.70. The lowest BCUT2D eigenvalue weighted by molar-refractivity contribution is -0.118. The average Bonchev–Trinajstić information content (AvgIpc) is 2.58. The number of fused-ring (bicyclic) bond motifs is 1. The van der Waals surface area contributed by atoms with Gasteiger partial charge < -0.3 is 15.5 Å². The molecule has 1 amide bonds. The van der Waals surface area contributed by atoms with E-state index in [0.29, 0.717) is 13.0 Å². The molecule has 0 aromatic heterocycles. The Morgan fingerprint density at radius 3 is 3.23 bits per heavy atom. The highest BCUT2D eigenvalue weighted by molar-refractivity contribution is 8.06. The minimum absolute atomic E-state index is 0.242. The normalized spacial score (nSPS) is 19.2. The first-order chi connectivity index (χ1) is 6.25. The minimum Gasteiger partial charge on any atom is -0.370 e. The highest BCUT2D eigenvalue weighted by Crippen LogP contribution is 2.33. The summed E-state index contributed by atoms with van der Waals surface area (Å²) in [6.07, 6.45) is 4.53. The van der Waals surface area contributed by atoms with Crippen molar-refractivity contribution in [1.82, 2.24) is 9.80 Å². The van der Waals surface area contributed by atoms with Gasteiger partial charge in [0.15, 0.2) is 0 Å². The number of nitrogens with zero attached hydrogens (tertiary/aromatic N) is 2. The first-order valence-corrected chi connectivity index (χ1v) is 4.98. The van der Waals surface area contributed by atoms with Gasteiger partial charge in [-0.2, -0.15) is 0 Å². The summed E-state index contributed by atoms with van der Waals surface area (Å²) in [5.74, 6) is -0.242. The summed E-state index contributed by atoms with van der Waals surface area (Å²) in [5, 5.41) is 3.28. The van der Waals surface area contributed by atoms with E-state index < -0.39 is 0 Å². The lowest BCUT2D eigenvalue weighted by Gasteiger charge is -2.16. The van der Waals surface area contributed by atoms with Crippen LogP contribution < -0.4 is 5.73 Å². The number of carbonyl (C=O) groups is 1. The average molecular weight is 197 g/mol. The van der Waals surface area contributed by atoms with Crippen LogP contribution in [-0.2, 0) is 4.79 Å². The molecule has 5 heteroatoms. The molecule has 0 atom stereocenters. The molecule has 0 saturated carbocycles. The highest BCUT2D eigenvalue weighted by atomic mass is 32.2. The van der Waals surface area contributed by atoms with Crippen molar-refractivity contribution in [1.29, 1.82) is 0 Å². The number of amides is 1. The molecule has 0 radical (unpaired) electrons. The summed E-state index contributed by atoms with van der Waals surface area (Å²) < 4.78 is 0. The fraction of sp³-hybridized carbons (Fsp3) is 0.375. The van der Waals surface area contributed by atoms with Crippen LogP contribution in [0.3, 0.4) is 0 Å². The zero-order valence-electron chi connectivity index (χ0n) is 7.14. The van der Waals surface area contributed by atoms with Gasteiger partial charge in [-0.05, 0) is 5.41 Å². The van der Waals surface area contributed by atoms with Gasteiger partial charge in [0, 0.05) is 25.4 Å². The Bertz CT molecular complexity index is 287. The van der Waals surface area contributed by atoms with Crippen molar-refractivity contribution >= 4 is 17.7 Å². The van der Waals surface area contributed by atoms with Crippen molar-refractivity contribution < 1.29 is 4.79 Å². The van der Waals surface area contributed by atoms with Crippen LogP contribution in [0, 0.1) is 0 Å². The van der Waals surface area contributed by atoms with E-state index in [2.05, 4.69) is 21.4 Å². The minimum atomic E-state index is -0.242. The molecule has 0 unspecified atom stereocenters. The summed E-state index contributed by atoms with van der Waals surface area (Å²) in [6.45, 7) is 1.55. The Balaban J connectivity index is 1.86. The van der Waals surface area contributed by atoms with Gasteiger partial charge in [0.25, 0.3) is 0 Å². The Hall–Kier alpha value is -1.10. The van der Waals surface area contributed by atoms with Crippen LogP contribution in [0.25, 0.3) is 0 Å². The fourth-order valence-electron chi connectivity index (χ4n) is 1.32. The first kappa shape index (κ1) is 8.50. The van der Waals surface area contributed by atoms with Crippen molar-refractivity contribution in [2.75, 3.05) is 13.2 Å². The zero-order chi connectivity index (χ0) is 9.26. The predicted molar refractivity (Wildman–Crippen MR) is 52.0 cm³/mol. The van der Waals surface area contributed by atoms with Crippen LogP contribution in [0.4, 0.5) is 0 Å². The van der Waals surface area contributed by atoms with Crippen molar-refractivity contribution in [3.8, 4) is 0 Å². The van der Waals surface area contributed by atoms with Gasteiger partial charge in [0.2, 0.25) is 5.91 Å². The maximum absolute atomic E-state index is 10.5. The molecule has 0 aliphatic carbocycles. The quantitative estimate of drug-likeness (QED) is 0.714. The standard InChI is InChI=1S/C8H11N3OS/c9-7(12)1-2-10-5-8-11(6-10)3-4-13-8/h3-5H,1-2,6H2,(H2,9,12). The molecule has 0 spiro atoms. The molecule has 2 aliphatic rings. The molecular weight excluding hydrogens is 186 g/mol. The van der Waals surface area contributed by atoms with E-state index in [0.717, 1.165) is 6.67 Å². The number of nitrogens with two attached hydrogens (primary N) is 1. The van der Waals surface area contributed by atoms with Crippen LogP contribution in [0.1, 0.15) is 6.42 Å². The van der Waals surface area contributed by atoms with Crippen LogP contribution in [0.5, 0.6) is 0 Å². The third kappa shape index (κ3) is 1.80. The molecular formula is C8H11N3OS. The van der Waals surface area contributed by atoms with E-state index in [1.165, 1.54) is 5.03 Å². The number of rotatable bonds is 3. The Morgan fingerprint density at radius 2 is 2.54 bits per heavy atom. The van der Waals surface area contributed by atoms with Gasteiger partial charge in [-0.1, -0.05) is 11.8 Å². The number of primary amides is 1. The Morgan fingerprint density at radius 1 is 1.69 bits per heavy atom. The number of thioether (sulfide) groups is 1. The summed E-state index contributed by atoms with van der Waals surface area (Å²) in [4.78, 5) is 14.8. The van der Waals surface area contributed by atoms with Gasteiger partial charge in [0.05, 0.1) is 11.7 Å². The van der Waals surface area contributed by atoms with E-state index >= 15 is 0 Å². The van der Waals surface area contributed by atoms with Crippen LogP contribution in [0.2, 0.25) is 0 Å². The maximum atomic E-state index is 10.5. The molecule has 2 aliphatic heterocycles. The van der Waals surface area contributed by atoms with E-state index in [9.17, 15) is 4.79 Å². The topological polar surface area (TPSA) is 49.6 Å². The SMILES string of the molecule is NC(=O)CCN1C=C2SC=CN2C1. The molecule has 2 rings (SSSR count). The van der Waals surface area contributed by atoms with Gasteiger partial charge in [0.1, 0.15) is 0 Å². The molecule has 0 bridgehead atoms. The van der Waals surface area contributed by atoms with Gasteiger partial charge in [-0.15, -0.1) is 0 Å². The highest BCUT2D eigenvalue weighted by Gasteiger charge is 2.21. The largest absolute Gasteiger partial charge is 0.370 e. The second-order valence-corrected chi connectivity index (χ2v) is 3.94. The van der Waals surface area contributed by atoms with Crippen molar-refractivity contribution in [3.63, 3.8) is 0 Å². The zero-order valence-corrected chi connectivity index (χ0v) is 7.96. The molecule has 13 heavy (non-hydrogen) atoms. The molecule has 0 fully saturated rings. The van der Waals surface area contributed by atoms with Crippen LogP contribution >= 0.6 is 11.8 Å². The Kier molecular flexibility index (Phi) is 2.18. The monoisotopic (exact) mass is 197 g/mol. The van der Waals surface area contributed by atoms with Crippen molar-refractivity contribution in [3.05, 3.63) is 22.8 Å². The van der Waals surface area contributed by atoms with Gasteiger partial charge in [-0.3, -0.25) is 4.79 Å². The smallest absolute Gasteiger partial charge is 0.219 e. The van der Waals surface area contributed by atoms with Gasteiger partial charge >= 0.3 is 0 Å². The predicted octanol–water partition coefficient (Wildman–Crippen LogP) is 0.454. The summed E-state index contributed by atoms with van der Waals surface area (Å²) in [6, 6.07) is 0. The maximum Gasteiger partial charge on any atom is 0.219 e. The number of hydrogen-bond donors (Lipinski definition) is 1.